The van der Waals surface area contributed by atoms with Crippen molar-refractivity contribution in [2.24, 2.45) is 5.92 Å². The topological polar surface area (TPSA) is 51.7 Å². The molecule has 2 aliphatic rings. The molecule has 0 saturated carbocycles. The van der Waals surface area contributed by atoms with E-state index in [0.29, 0.717) is 57.4 Å². The van der Waals surface area contributed by atoms with Gasteiger partial charge in [-0.1, -0.05) is 41.9 Å². The van der Waals surface area contributed by atoms with Crippen LogP contribution in [0.1, 0.15) is 24.0 Å². The van der Waals surface area contributed by atoms with Gasteiger partial charge in [-0.25, -0.2) is 0 Å². The van der Waals surface area contributed by atoms with Crippen molar-refractivity contribution < 1.29 is 14.3 Å². The molecule has 33 heavy (non-hydrogen) atoms. The number of pyridine rings is 1. The van der Waals surface area contributed by atoms with E-state index in [1.165, 1.54) is 5.56 Å². The molecule has 1 amide bonds. The summed E-state index contributed by atoms with van der Waals surface area (Å²) in [6, 6.07) is 18.1. The highest BCUT2D eigenvalue weighted by Crippen LogP contribution is 2.38. The van der Waals surface area contributed by atoms with Crippen molar-refractivity contribution in [3.63, 3.8) is 0 Å². The number of halogens is 1. The fraction of sp³-hybridized carbons (Fsp3) is 0.407. The molecule has 1 unspecified atom stereocenters. The summed E-state index contributed by atoms with van der Waals surface area (Å²) in [7, 11) is 0. The van der Waals surface area contributed by atoms with Crippen LogP contribution in [0.4, 0.5) is 0 Å². The SMILES string of the molecule is O=C(N1CCOCC(Cc2cnc3ccccc3c2)C1)C1(c2ccc(Cl)cc2)CCOCC1. The van der Waals surface area contributed by atoms with Gasteiger partial charge in [-0.05, 0) is 54.7 Å². The third kappa shape index (κ3) is 4.77. The Balaban J connectivity index is 1.37. The van der Waals surface area contributed by atoms with Crippen LogP contribution in [0.15, 0.2) is 60.8 Å². The Hall–Kier alpha value is -2.47. The van der Waals surface area contributed by atoms with E-state index in [2.05, 4.69) is 17.1 Å². The number of aromatic nitrogens is 1. The molecule has 6 heteroatoms. The fourth-order valence-corrected chi connectivity index (χ4v) is 5.29. The van der Waals surface area contributed by atoms with Gasteiger partial charge in [0.1, 0.15) is 0 Å². The van der Waals surface area contributed by atoms with Crippen LogP contribution >= 0.6 is 11.6 Å². The van der Waals surface area contributed by atoms with Crippen LogP contribution in [0.2, 0.25) is 5.02 Å². The van der Waals surface area contributed by atoms with Crippen LogP contribution in [-0.4, -0.2) is 55.3 Å². The highest BCUT2D eigenvalue weighted by atomic mass is 35.5. The first kappa shape index (κ1) is 22.3. The predicted molar refractivity (Wildman–Crippen MR) is 130 cm³/mol. The van der Waals surface area contributed by atoms with Gasteiger partial charge < -0.3 is 14.4 Å². The summed E-state index contributed by atoms with van der Waals surface area (Å²) in [5.41, 5.74) is 2.64. The van der Waals surface area contributed by atoms with E-state index in [9.17, 15) is 4.79 Å². The second-order valence-electron chi connectivity index (χ2n) is 9.13. The lowest BCUT2D eigenvalue weighted by Crippen LogP contribution is -2.51. The predicted octanol–water partition coefficient (Wildman–Crippen LogP) is 4.65. The van der Waals surface area contributed by atoms with E-state index < -0.39 is 5.41 Å². The molecule has 5 nitrogen and oxygen atoms in total. The first-order valence-corrected chi connectivity index (χ1v) is 12.1. The van der Waals surface area contributed by atoms with Crippen molar-refractivity contribution in [1.29, 1.82) is 0 Å². The number of fused-ring (bicyclic) bond motifs is 1. The zero-order chi connectivity index (χ0) is 22.7. The molecular weight excluding hydrogens is 436 g/mol. The van der Waals surface area contributed by atoms with Crippen LogP contribution in [0.5, 0.6) is 0 Å². The zero-order valence-electron chi connectivity index (χ0n) is 18.7. The molecule has 5 rings (SSSR count). The van der Waals surface area contributed by atoms with E-state index in [1.807, 2.05) is 53.6 Å². The summed E-state index contributed by atoms with van der Waals surface area (Å²) in [4.78, 5) is 20.7. The van der Waals surface area contributed by atoms with E-state index in [4.69, 9.17) is 21.1 Å². The van der Waals surface area contributed by atoms with E-state index in [0.717, 1.165) is 22.9 Å². The first-order chi connectivity index (χ1) is 16.1. The van der Waals surface area contributed by atoms with Crippen molar-refractivity contribution in [1.82, 2.24) is 9.88 Å². The summed E-state index contributed by atoms with van der Waals surface area (Å²) >= 11 is 6.14. The molecule has 0 aliphatic carbocycles. The van der Waals surface area contributed by atoms with Gasteiger partial charge in [0.15, 0.2) is 0 Å². The number of carbonyl (C=O) groups is 1. The normalized spacial score (nSPS) is 21.0. The standard InChI is InChI=1S/C27H29ClN2O3/c28-24-7-5-23(6-8-24)27(9-12-32-13-10-27)26(31)30-11-14-33-19-21(18-30)15-20-16-22-3-1-2-4-25(22)29-17-20/h1-8,16-17,21H,9-15,18-19H2. The van der Waals surface area contributed by atoms with Gasteiger partial charge in [-0.15, -0.1) is 0 Å². The molecule has 0 spiro atoms. The average molecular weight is 465 g/mol. The molecule has 3 aromatic rings. The Kier molecular flexibility index (Phi) is 6.63. The number of nitrogens with zero attached hydrogens (tertiary/aromatic N) is 2. The van der Waals surface area contributed by atoms with E-state index >= 15 is 0 Å². The van der Waals surface area contributed by atoms with Gasteiger partial charge >= 0.3 is 0 Å². The van der Waals surface area contributed by atoms with Crippen LogP contribution in [0.25, 0.3) is 10.9 Å². The van der Waals surface area contributed by atoms with Crippen LogP contribution in [-0.2, 0) is 26.1 Å². The summed E-state index contributed by atoms with van der Waals surface area (Å²) in [6.07, 6.45) is 4.15. The Morgan fingerprint density at radius 2 is 1.85 bits per heavy atom. The van der Waals surface area contributed by atoms with Gasteiger partial charge in [-0.3, -0.25) is 9.78 Å². The van der Waals surface area contributed by atoms with Gasteiger partial charge in [0.2, 0.25) is 5.91 Å². The lowest BCUT2D eigenvalue weighted by Gasteiger charge is -2.40. The minimum absolute atomic E-state index is 0.181. The number of benzene rings is 2. The number of rotatable bonds is 4. The van der Waals surface area contributed by atoms with Crippen LogP contribution < -0.4 is 0 Å². The average Bonchev–Trinajstić information content (AvgIpc) is 3.10. The maximum atomic E-state index is 14.1. The summed E-state index contributed by atoms with van der Waals surface area (Å²) in [5.74, 6) is 0.404. The van der Waals surface area contributed by atoms with Crippen molar-refractivity contribution in [3.8, 4) is 0 Å². The molecule has 172 valence electrons. The summed E-state index contributed by atoms with van der Waals surface area (Å²) in [6.45, 7) is 3.68. The summed E-state index contributed by atoms with van der Waals surface area (Å²) < 4.78 is 11.6. The molecule has 1 aromatic heterocycles. The van der Waals surface area contributed by atoms with E-state index in [-0.39, 0.29) is 11.8 Å². The Labute approximate surface area is 199 Å². The number of hydrogen-bond donors (Lipinski definition) is 0. The molecule has 1 atom stereocenters. The third-order valence-corrected chi connectivity index (χ3v) is 7.20. The molecule has 0 bridgehead atoms. The van der Waals surface area contributed by atoms with Gasteiger partial charge in [-0.2, -0.15) is 0 Å². The highest BCUT2D eigenvalue weighted by molar-refractivity contribution is 6.30. The minimum atomic E-state index is -0.567. The van der Waals surface area contributed by atoms with Crippen molar-refractivity contribution >= 4 is 28.4 Å². The monoisotopic (exact) mass is 464 g/mol. The maximum Gasteiger partial charge on any atom is 0.233 e. The second kappa shape index (κ2) is 9.80. The lowest BCUT2D eigenvalue weighted by atomic mass is 9.73. The Morgan fingerprint density at radius 3 is 2.67 bits per heavy atom. The molecule has 3 heterocycles. The number of para-hydroxylation sites is 1. The van der Waals surface area contributed by atoms with Crippen molar-refractivity contribution in [2.45, 2.75) is 24.7 Å². The highest BCUT2D eigenvalue weighted by Gasteiger charge is 2.44. The Morgan fingerprint density at radius 1 is 1.06 bits per heavy atom. The third-order valence-electron chi connectivity index (χ3n) is 6.95. The number of hydrogen-bond acceptors (Lipinski definition) is 4. The number of amides is 1. The molecule has 0 N–H and O–H groups in total. The first-order valence-electron chi connectivity index (χ1n) is 11.7. The van der Waals surface area contributed by atoms with Gasteiger partial charge in [0, 0.05) is 48.8 Å². The summed E-state index contributed by atoms with van der Waals surface area (Å²) in [5, 5.41) is 1.82. The molecular formula is C27H29ClN2O3. The maximum absolute atomic E-state index is 14.1. The molecule has 2 aromatic carbocycles. The van der Waals surface area contributed by atoms with Crippen molar-refractivity contribution in [3.05, 3.63) is 76.9 Å². The molecule has 2 fully saturated rings. The Bertz CT molecular complexity index is 1110. The van der Waals surface area contributed by atoms with E-state index in [1.54, 1.807) is 0 Å². The van der Waals surface area contributed by atoms with Crippen LogP contribution in [0, 0.1) is 5.92 Å². The minimum Gasteiger partial charge on any atom is -0.381 e. The van der Waals surface area contributed by atoms with Gasteiger partial charge in [0.05, 0.1) is 24.1 Å². The molecule has 2 saturated heterocycles. The second-order valence-corrected chi connectivity index (χ2v) is 9.57. The lowest BCUT2D eigenvalue weighted by molar-refractivity contribution is -0.141. The number of carbonyl (C=O) groups excluding carboxylic acids is 1. The molecule has 0 radical (unpaired) electrons. The molecule has 2 aliphatic heterocycles. The zero-order valence-corrected chi connectivity index (χ0v) is 19.5. The number of ether oxygens (including phenoxy) is 2. The van der Waals surface area contributed by atoms with Gasteiger partial charge in [0.25, 0.3) is 0 Å². The quantitative estimate of drug-likeness (QED) is 0.563. The van der Waals surface area contributed by atoms with Crippen molar-refractivity contribution in [2.75, 3.05) is 39.5 Å². The fourth-order valence-electron chi connectivity index (χ4n) is 5.17. The smallest absolute Gasteiger partial charge is 0.233 e. The van der Waals surface area contributed by atoms with Crippen LogP contribution in [0.3, 0.4) is 0 Å². The largest absolute Gasteiger partial charge is 0.381 e.